The van der Waals surface area contributed by atoms with Gasteiger partial charge in [0.05, 0.1) is 6.07 Å². The van der Waals surface area contributed by atoms with Gasteiger partial charge in [0.25, 0.3) is 0 Å². The van der Waals surface area contributed by atoms with E-state index in [2.05, 4.69) is 5.32 Å². The number of carbonyl (C=O) groups is 2. The average molecular weight is 215 g/mol. The maximum atomic E-state index is 11.3. The Labute approximate surface area is 87.2 Å². The Hall–Kier alpha value is -1.08. The monoisotopic (exact) mass is 214 g/mol. The number of hydrogen-bond acceptors (Lipinski definition) is 3. The van der Waals surface area contributed by atoms with Crippen LogP contribution in [0.2, 0.25) is 0 Å². The van der Waals surface area contributed by atoms with Crippen molar-refractivity contribution in [2.45, 2.75) is 19.3 Å². The van der Waals surface area contributed by atoms with Crippen molar-refractivity contribution in [1.82, 2.24) is 5.32 Å². The quantitative estimate of drug-likeness (QED) is 0.704. The summed E-state index contributed by atoms with van der Waals surface area (Å²) in [6.07, 6.45) is 1.96. The van der Waals surface area contributed by atoms with Crippen molar-refractivity contribution < 1.29 is 9.59 Å². The predicted octanol–water partition coefficient (Wildman–Crippen LogP) is 0.808. The van der Waals surface area contributed by atoms with Crippen LogP contribution in [0.5, 0.6) is 0 Å². The molecule has 1 rings (SSSR count). The molecule has 1 aliphatic rings. The van der Waals surface area contributed by atoms with Crippen molar-refractivity contribution in [2.24, 2.45) is 11.8 Å². The molecule has 1 N–H and O–H groups in total. The lowest BCUT2D eigenvalue weighted by atomic mass is 10.1. The van der Waals surface area contributed by atoms with Crippen molar-refractivity contribution >= 4 is 23.4 Å². The molecular formula is C9H11ClN2O2. The van der Waals surface area contributed by atoms with Crippen molar-refractivity contribution in [2.75, 3.05) is 5.88 Å². The molecule has 1 fully saturated rings. The van der Waals surface area contributed by atoms with E-state index in [4.69, 9.17) is 16.9 Å². The smallest absolute Gasteiger partial charge is 0.243 e. The van der Waals surface area contributed by atoms with E-state index in [-0.39, 0.29) is 24.1 Å². The summed E-state index contributed by atoms with van der Waals surface area (Å²) < 4.78 is 0. The zero-order chi connectivity index (χ0) is 10.6. The van der Waals surface area contributed by atoms with Gasteiger partial charge in [-0.05, 0) is 19.3 Å². The van der Waals surface area contributed by atoms with Gasteiger partial charge >= 0.3 is 0 Å². The molecule has 5 heteroatoms. The summed E-state index contributed by atoms with van der Waals surface area (Å²) >= 11 is 5.41. The Morgan fingerprint density at radius 1 is 1.57 bits per heavy atom. The molecule has 0 heterocycles. The van der Waals surface area contributed by atoms with E-state index >= 15 is 0 Å². The Balaban J connectivity index is 2.38. The van der Waals surface area contributed by atoms with Gasteiger partial charge in [-0.25, -0.2) is 0 Å². The topological polar surface area (TPSA) is 70.0 Å². The first-order valence-corrected chi connectivity index (χ1v) is 5.02. The molecule has 2 amide bonds. The van der Waals surface area contributed by atoms with Gasteiger partial charge in [0.15, 0.2) is 0 Å². The van der Waals surface area contributed by atoms with Crippen LogP contribution in [0.3, 0.4) is 0 Å². The molecule has 1 saturated carbocycles. The number of rotatable bonds is 4. The van der Waals surface area contributed by atoms with Gasteiger partial charge in [-0.2, -0.15) is 5.26 Å². The Morgan fingerprint density at radius 2 is 2.21 bits per heavy atom. The number of imide groups is 1. The average Bonchev–Trinajstić information content (AvgIpc) is 2.96. The van der Waals surface area contributed by atoms with Crippen molar-refractivity contribution in [3.8, 4) is 6.07 Å². The molecule has 1 atom stereocenters. The van der Waals surface area contributed by atoms with E-state index in [1.807, 2.05) is 6.07 Å². The highest BCUT2D eigenvalue weighted by atomic mass is 35.5. The van der Waals surface area contributed by atoms with Crippen LogP contribution in [0.4, 0.5) is 0 Å². The number of carbonyl (C=O) groups excluding carboxylic acids is 2. The highest BCUT2D eigenvalue weighted by molar-refractivity contribution is 6.18. The molecule has 1 aliphatic carbocycles. The van der Waals surface area contributed by atoms with Crippen molar-refractivity contribution in [1.29, 1.82) is 5.26 Å². The van der Waals surface area contributed by atoms with E-state index in [1.165, 1.54) is 0 Å². The second-order valence-corrected chi connectivity index (χ2v) is 3.67. The highest BCUT2D eigenvalue weighted by Crippen LogP contribution is 2.28. The fourth-order valence-corrected chi connectivity index (χ4v) is 1.24. The first-order chi connectivity index (χ1) is 6.69. The van der Waals surface area contributed by atoms with Crippen LogP contribution < -0.4 is 5.32 Å². The van der Waals surface area contributed by atoms with Crippen LogP contribution >= 0.6 is 11.6 Å². The number of halogens is 1. The number of hydrogen-bond donors (Lipinski definition) is 1. The molecule has 4 nitrogen and oxygen atoms in total. The molecule has 0 aromatic rings. The van der Waals surface area contributed by atoms with E-state index in [1.54, 1.807) is 0 Å². The molecule has 0 bridgehead atoms. The summed E-state index contributed by atoms with van der Waals surface area (Å²) in [6, 6.07) is 1.82. The van der Waals surface area contributed by atoms with Gasteiger partial charge in [0.1, 0.15) is 5.92 Å². The number of nitrogens with one attached hydrogen (secondary N) is 1. The van der Waals surface area contributed by atoms with Gasteiger partial charge in [-0.15, -0.1) is 11.6 Å². The minimum atomic E-state index is -0.810. The zero-order valence-electron chi connectivity index (χ0n) is 7.62. The molecular weight excluding hydrogens is 204 g/mol. The zero-order valence-corrected chi connectivity index (χ0v) is 8.38. The molecule has 76 valence electrons. The van der Waals surface area contributed by atoms with E-state index in [0.29, 0.717) is 0 Å². The van der Waals surface area contributed by atoms with Gasteiger partial charge < -0.3 is 0 Å². The Bertz CT molecular complexity index is 281. The molecule has 0 aliphatic heterocycles. The van der Waals surface area contributed by atoms with E-state index < -0.39 is 11.8 Å². The molecule has 0 radical (unpaired) electrons. The summed E-state index contributed by atoms with van der Waals surface area (Å²) in [6.45, 7) is 0. The molecule has 0 saturated heterocycles. The second kappa shape index (κ2) is 4.97. The van der Waals surface area contributed by atoms with Crippen LogP contribution in [-0.2, 0) is 9.59 Å². The summed E-state index contributed by atoms with van der Waals surface area (Å²) in [4.78, 5) is 22.5. The Kier molecular flexibility index (Phi) is 3.90. The summed E-state index contributed by atoms with van der Waals surface area (Å²) in [7, 11) is 0. The number of nitrogens with zero attached hydrogens (tertiary/aromatic N) is 1. The fraction of sp³-hybridized carbons (Fsp3) is 0.667. The summed E-state index contributed by atoms with van der Waals surface area (Å²) in [5.74, 6) is -1.37. The van der Waals surface area contributed by atoms with Crippen LogP contribution in [0.1, 0.15) is 19.3 Å². The van der Waals surface area contributed by atoms with E-state index in [0.717, 1.165) is 12.8 Å². The van der Waals surface area contributed by atoms with Crippen LogP contribution in [0.25, 0.3) is 0 Å². The third-order valence-corrected chi connectivity index (χ3v) is 2.28. The molecule has 0 aromatic heterocycles. The van der Waals surface area contributed by atoms with Gasteiger partial charge in [0.2, 0.25) is 11.8 Å². The molecule has 1 unspecified atom stereocenters. The summed E-state index contributed by atoms with van der Waals surface area (Å²) in [5.41, 5.74) is 0. The normalized spacial score (nSPS) is 16.9. The standard InChI is InChI=1S/C9H11ClN2O2/c10-4-3-7(5-11)9(14)12-8(13)6-1-2-6/h6-7H,1-4H2,(H,12,13,14). The molecule has 0 aromatic carbocycles. The SMILES string of the molecule is N#CC(CCCl)C(=O)NC(=O)C1CC1. The fourth-order valence-electron chi connectivity index (χ4n) is 1.02. The number of alkyl halides is 1. The first kappa shape index (κ1) is 11.0. The minimum Gasteiger partial charge on any atom is -0.295 e. The van der Waals surface area contributed by atoms with E-state index in [9.17, 15) is 9.59 Å². The predicted molar refractivity (Wildman–Crippen MR) is 50.3 cm³/mol. The van der Waals surface area contributed by atoms with Crippen LogP contribution in [0, 0.1) is 23.2 Å². The lowest BCUT2D eigenvalue weighted by Gasteiger charge is -2.06. The molecule has 0 spiro atoms. The molecule has 14 heavy (non-hydrogen) atoms. The third-order valence-electron chi connectivity index (χ3n) is 2.06. The van der Waals surface area contributed by atoms with Crippen molar-refractivity contribution in [3.63, 3.8) is 0 Å². The van der Waals surface area contributed by atoms with Gasteiger partial charge in [-0.1, -0.05) is 0 Å². The van der Waals surface area contributed by atoms with Crippen LogP contribution in [-0.4, -0.2) is 17.7 Å². The Morgan fingerprint density at radius 3 is 2.64 bits per heavy atom. The first-order valence-electron chi connectivity index (χ1n) is 4.49. The number of amides is 2. The lowest BCUT2D eigenvalue weighted by molar-refractivity contribution is -0.132. The third kappa shape index (κ3) is 3.00. The van der Waals surface area contributed by atoms with Crippen LogP contribution in [0.15, 0.2) is 0 Å². The lowest BCUT2D eigenvalue weighted by Crippen LogP contribution is -2.36. The summed E-state index contributed by atoms with van der Waals surface area (Å²) in [5, 5.41) is 10.8. The number of nitriles is 1. The second-order valence-electron chi connectivity index (χ2n) is 3.29. The highest BCUT2D eigenvalue weighted by Gasteiger charge is 2.32. The maximum Gasteiger partial charge on any atom is 0.243 e. The van der Waals surface area contributed by atoms with Gasteiger partial charge in [0, 0.05) is 11.8 Å². The largest absolute Gasteiger partial charge is 0.295 e. The minimum absolute atomic E-state index is 0.0192. The van der Waals surface area contributed by atoms with Crippen molar-refractivity contribution in [3.05, 3.63) is 0 Å². The maximum absolute atomic E-state index is 11.3. The van der Waals surface area contributed by atoms with Gasteiger partial charge in [-0.3, -0.25) is 14.9 Å².